The van der Waals surface area contributed by atoms with E-state index in [0.717, 1.165) is 13.2 Å². The fourth-order valence-corrected chi connectivity index (χ4v) is 2.91. The second-order valence-corrected chi connectivity index (χ2v) is 6.52. The van der Waals surface area contributed by atoms with Crippen molar-refractivity contribution < 1.29 is 36.2 Å². The lowest BCUT2D eigenvalue weighted by Gasteiger charge is -2.11. The van der Waals surface area contributed by atoms with E-state index in [-0.39, 0.29) is 0 Å². The molecule has 0 amide bonds. The van der Waals surface area contributed by atoms with E-state index in [4.69, 9.17) is 16.3 Å². The number of allylic oxidation sites excluding steroid dienone is 1. The minimum atomic E-state index is -1.73. The van der Waals surface area contributed by atoms with Gasteiger partial charge in [0.2, 0.25) is 11.6 Å². The largest absolute Gasteiger partial charge is 0.491 e. The predicted molar refractivity (Wildman–Crippen MR) is 78.4 cm³/mol. The van der Waals surface area contributed by atoms with Gasteiger partial charge in [0, 0.05) is 5.92 Å². The van der Waals surface area contributed by atoms with Crippen LogP contribution in [0.25, 0.3) is 0 Å². The highest BCUT2D eigenvalue weighted by molar-refractivity contribution is 6.28. The summed E-state index contributed by atoms with van der Waals surface area (Å²) in [5.74, 6) is -10.4. The summed E-state index contributed by atoms with van der Waals surface area (Å²) in [6.07, 6.45) is 1.03. The highest BCUT2D eigenvalue weighted by Gasteiger charge is 2.61. The molecular weight excluding hydrogens is 371 g/mol. The highest BCUT2D eigenvalue weighted by Crippen LogP contribution is 2.60. The summed E-state index contributed by atoms with van der Waals surface area (Å²) in [4.78, 5) is 12.0. The second-order valence-electron chi connectivity index (χ2n) is 6.16. The summed E-state index contributed by atoms with van der Waals surface area (Å²) in [6.45, 7) is 2.27. The molecule has 0 radical (unpaired) electrons. The van der Waals surface area contributed by atoms with Crippen LogP contribution in [0.2, 0.25) is 0 Å². The Bertz CT molecular complexity index is 715. The molecule has 0 bridgehead atoms. The van der Waals surface area contributed by atoms with Crippen molar-refractivity contribution >= 4 is 17.6 Å². The van der Waals surface area contributed by atoms with Crippen LogP contribution in [-0.2, 0) is 16.1 Å². The Hall–Kier alpha value is -1.83. The normalized spacial score (nSPS) is 21.9. The van der Waals surface area contributed by atoms with Gasteiger partial charge in [-0.1, -0.05) is 25.4 Å². The van der Waals surface area contributed by atoms with Crippen LogP contribution >= 0.6 is 11.6 Å². The molecule has 9 heteroatoms. The Balaban J connectivity index is 2.18. The molecule has 2 rings (SSSR count). The molecule has 1 aliphatic carbocycles. The van der Waals surface area contributed by atoms with Crippen molar-refractivity contribution in [1.82, 2.24) is 0 Å². The van der Waals surface area contributed by atoms with Crippen LogP contribution in [0.5, 0.6) is 5.75 Å². The molecule has 138 valence electrons. The molecule has 2 atom stereocenters. The van der Waals surface area contributed by atoms with E-state index in [2.05, 4.69) is 4.74 Å². The van der Waals surface area contributed by atoms with Gasteiger partial charge in [0.25, 0.3) is 0 Å². The van der Waals surface area contributed by atoms with Gasteiger partial charge >= 0.3 is 5.97 Å². The Kier molecular flexibility index (Phi) is 5.32. The smallest absolute Gasteiger partial charge is 0.310 e. The first-order valence-corrected chi connectivity index (χ1v) is 7.50. The Morgan fingerprint density at radius 3 is 2.12 bits per heavy atom. The maximum Gasteiger partial charge on any atom is 0.310 e. The lowest BCUT2D eigenvalue weighted by Crippen LogP contribution is -2.14. The fraction of sp³-hybridized carbons (Fsp3) is 0.438. The van der Waals surface area contributed by atoms with Crippen molar-refractivity contribution in [2.75, 3.05) is 7.11 Å². The topological polar surface area (TPSA) is 35.5 Å². The number of hydrogen-bond donors (Lipinski definition) is 0. The van der Waals surface area contributed by atoms with Crippen molar-refractivity contribution in [3.05, 3.63) is 40.2 Å². The molecule has 0 aliphatic heterocycles. The van der Waals surface area contributed by atoms with Gasteiger partial charge in [0.05, 0.1) is 18.6 Å². The number of methoxy groups -OCH3 is 1. The van der Waals surface area contributed by atoms with E-state index in [1.165, 1.54) is 0 Å². The second kappa shape index (κ2) is 6.82. The molecule has 0 unspecified atom stereocenters. The molecule has 0 saturated heterocycles. The Labute approximate surface area is 145 Å². The van der Waals surface area contributed by atoms with E-state index in [1.807, 2.05) is 0 Å². The quantitative estimate of drug-likeness (QED) is 0.422. The molecule has 0 spiro atoms. The minimum absolute atomic E-state index is 0.559. The first-order valence-electron chi connectivity index (χ1n) is 7.12. The van der Waals surface area contributed by atoms with E-state index in [0.29, 0.717) is 0 Å². The number of carbonyl (C=O) groups is 1. The average Bonchev–Trinajstić information content (AvgIpc) is 3.05. The van der Waals surface area contributed by atoms with E-state index in [9.17, 15) is 26.7 Å². The third-order valence-electron chi connectivity index (χ3n) is 4.35. The molecule has 1 aliphatic rings. The zero-order valence-electron chi connectivity index (χ0n) is 13.4. The molecule has 25 heavy (non-hydrogen) atoms. The summed E-state index contributed by atoms with van der Waals surface area (Å²) in [6, 6.07) is 0. The number of ether oxygens (including phenoxy) is 2. The first-order chi connectivity index (χ1) is 11.5. The van der Waals surface area contributed by atoms with Gasteiger partial charge < -0.3 is 9.47 Å². The number of carbonyl (C=O) groups excluding carboxylic acids is 1. The van der Waals surface area contributed by atoms with Gasteiger partial charge in [-0.05, 0) is 11.5 Å². The third kappa shape index (κ3) is 3.44. The van der Waals surface area contributed by atoms with E-state index < -0.39 is 69.7 Å². The molecule has 1 aromatic rings. The van der Waals surface area contributed by atoms with Crippen LogP contribution in [0, 0.1) is 40.5 Å². The van der Waals surface area contributed by atoms with E-state index >= 15 is 0 Å². The van der Waals surface area contributed by atoms with Gasteiger partial charge in [0.1, 0.15) is 6.61 Å². The number of halogens is 6. The van der Waals surface area contributed by atoms with Crippen LogP contribution in [0.1, 0.15) is 19.4 Å². The molecule has 1 aromatic carbocycles. The van der Waals surface area contributed by atoms with E-state index in [1.54, 1.807) is 13.8 Å². The van der Waals surface area contributed by atoms with Crippen molar-refractivity contribution in [2.24, 2.45) is 17.3 Å². The predicted octanol–water partition coefficient (Wildman–Crippen LogP) is 4.62. The van der Waals surface area contributed by atoms with Crippen LogP contribution < -0.4 is 4.74 Å². The van der Waals surface area contributed by atoms with Gasteiger partial charge in [-0.15, -0.1) is 0 Å². The van der Waals surface area contributed by atoms with Gasteiger partial charge in [0.15, 0.2) is 22.7 Å². The lowest BCUT2D eigenvalue weighted by atomic mass is 10.1. The van der Waals surface area contributed by atoms with Gasteiger partial charge in [-0.25, -0.2) is 8.78 Å². The molecular formula is C16H14ClF5O3. The molecule has 1 fully saturated rings. The van der Waals surface area contributed by atoms with Crippen LogP contribution in [-0.4, -0.2) is 13.1 Å². The van der Waals surface area contributed by atoms with Gasteiger partial charge in [-0.3, -0.25) is 4.79 Å². The summed E-state index contributed by atoms with van der Waals surface area (Å²) in [7, 11) is 0.846. The average molecular weight is 385 g/mol. The molecule has 0 N–H and O–H groups in total. The number of esters is 1. The zero-order valence-corrected chi connectivity index (χ0v) is 14.2. The molecule has 0 aromatic heterocycles. The summed E-state index contributed by atoms with van der Waals surface area (Å²) in [5.41, 5.74) is -1.75. The van der Waals surface area contributed by atoms with Gasteiger partial charge in [-0.2, -0.15) is 13.2 Å². The maximum absolute atomic E-state index is 13.8. The molecule has 3 nitrogen and oxygen atoms in total. The monoisotopic (exact) mass is 384 g/mol. The van der Waals surface area contributed by atoms with Crippen LogP contribution in [0.4, 0.5) is 22.0 Å². The summed E-state index contributed by atoms with van der Waals surface area (Å²) in [5, 5.41) is -0.996. The number of hydrogen-bond acceptors (Lipinski definition) is 3. The van der Waals surface area contributed by atoms with Crippen molar-refractivity contribution in [3.8, 4) is 5.75 Å². The summed E-state index contributed by atoms with van der Waals surface area (Å²) >= 11 is 5.14. The van der Waals surface area contributed by atoms with Crippen LogP contribution in [0.15, 0.2) is 11.4 Å². The van der Waals surface area contributed by atoms with Crippen molar-refractivity contribution in [3.63, 3.8) is 0 Å². The first kappa shape index (κ1) is 19.5. The SMILES string of the molecule is COc1c(F)c(F)c(COC(=O)[C@@H]2[C@@H](C=C(F)Cl)C2(C)C)c(F)c1F. The fourth-order valence-electron chi connectivity index (χ4n) is 2.77. The third-order valence-corrected chi connectivity index (χ3v) is 4.47. The lowest BCUT2D eigenvalue weighted by molar-refractivity contribution is -0.147. The standard InChI is InChI=1S/C16H14ClF5O3/c1-16(2)7(4-8(17)18)9(16)15(23)25-5-6-10(19)12(21)14(24-3)13(22)11(6)20/h4,7,9H,5H2,1-3H3/t7-,9+/m1/s1. The molecule has 0 heterocycles. The number of benzene rings is 1. The van der Waals surface area contributed by atoms with Crippen molar-refractivity contribution in [1.29, 1.82) is 0 Å². The Morgan fingerprint density at radius 1 is 1.16 bits per heavy atom. The zero-order chi connectivity index (χ0) is 19.1. The maximum atomic E-state index is 13.8. The highest BCUT2D eigenvalue weighted by atomic mass is 35.5. The Morgan fingerprint density at radius 2 is 1.68 bits per heavy atom. The molecule has 1 saturated carbocycles. The summed E-state index contributed by atoms with van der Waals surface area (Å²) < 4.78 is 76.7. The minimum Gasteiger partial charge on any atom is -0.491 e. The number of rotatable bonds is 5. The van der Waals surface area contributed by atoms with Crippen LogP contribution in [0.3, 0.4) is 0 Å². The van der Waals surface area contributed by atoms with Crippen molar-refractivity contribution in [2.45, 2.75) is 20.5 Å².